The van der Waals surface area contributed by atoms with Crippen molar-refractivity contribution < 1.29 is 9.53 Å². The molecule has 1 amide bonds. The van der Waals surface area contributed by atoms with Gasteiger partial charge in [0.2, 0.25) is 0 Å². The number of H-pyrrole nitrogens is 1. The molecular formula is C17H21ClN4O2. The smallest absolute Gasteiger partial charge is 0.254 e. The second-order valence-corrected chi connectivity index (χ2v) is 6.27. The number of benzene rings is 1. The summed E-state index contributed by atoms with van der Waals surface area (Å²) in [6.45, 7) is 5.40. The zero-order valence-electron chi connectivity index (χ0n) is 13.6. The molecule has 6 nitrogen and oxygen atoms in total. The molecule has 1 aliphatic rings. The van der Waals surface area contributed by atoms with E-state index in [1.54, 1.807) is 6.20 Å². The molecule has 3 rings (SSSR count). The van der Waals surface area contributed by atoms with Crippen LogP contribution in [0.3, 0.4) is 0 Å². The number of carbonyl (C=O) groups is 1. The van der Waals surface area contributed by atoms with Crippen LogP contribution in [0.5, 0.6) is 0 Å². The average Bonchev–Trinajstić information content (AvgIpc) is 3.02. The van der Waals surface area contributed by atoms with Crippen LogP contribution in [0.1, 0.15) is 27.7 Å². The van der Waals surface area contributed by atoms with Crippen LogP contribution in [0.25, 0.3) is 0 Å². The molecule has 7 heteroatoms. The number of rotatable bonds is 5. The second kappa shape index (κ2) is 7.79. The molecule has 128 valence electrons. The Morgan fingerprint density at radius 1 is 1.46 bits per heavy atom. The van der Waals surface area contributed by atoms with Crippen molar-refractivity contribution >= 4 is 17.5 Å². The second-order valence-electron chi connectivity index (χ2n) is 5.84. The molecule has 1 aliphatic heterocycles. The lowest BCUT2D eigenvalue weighted by molar-refractivity contribution is 0.0162. The summed E-state index contributed by atoms with van der Waals surface area (Å²) in [5, 5.41) is 10.4. The molecule has 1 saturated heterocycles. The first-order chi connectivity index (χ1) is 11.6. The molecule has 1 fully saturated rings. The number of hydrogen-bond acceptors (Lipinski definition) is 4. The van der Waals surface area contributed by atoms with Crippen LogP contribution in [-0.4, -0.2) is 53.9 Å². The summed E-state index contributed by atoms with van der Waals surface area (Å²) < 4.78 is 5.44. The lowest BCUT2D eigenvalue weighted by Gasteiger charge is -2.35. The van der Waals surface area contributed by atoms with Gasteiger partial charge in [-0.3, -0.25) is 14.8 Å². The molecule has 2 aromatic rings. The molecule has 0 aliphatic carbocycles. The minimum Gasteiger partial charge on any atom is -0.379 e. The Bertz CT molecular complexity index is 697. The van der Waals surface area contributed by atoms with E-state index in [-0.39, 0.29) is 11.9 Å². The van der Waals surface area contributed by atoms with Crippen molar-refractivity contribution in [3.8, 4) is 0 Å². The maximum absolute atomic E-state index is 12.4. The topological polar surface area (TPSA) is 70.2 Å². The van der Waals surface area contributed by atoms with Crippen LogP contribution in [-0.2, 0) is 4.74 Å². The molecule has 2 N–H and O–H groups in total. The zero-order chi connectivity index (χ0) is 16.9. The number of aryl methyl sites for hydroxylation is 1. The molecule has 24 heavy (non-hydrogen) atoms. The first-order valence-corrected chi connectivity index (χ1v) is 8.38. The summed E-state index contributed by atoms with van der Waals surface area (Å²) in [5.41, 5.74) is 2.42. The van der Waals surface area contributed by atoms with Crippen LogP contribution in [0.4, 0.5) is 0 Å². The Hall–Kier alpha value is -1.89. The van der Waals surface area contributed by atoms with E-state index in [9.17, 15) is 4.79 Å². The number of ether oxygens (including phenoxy) is 1. The molecule has 0 bridgehead atoms. The fraction of sp³-hybridized carbons (Fsp3) is 0.412. The van der Waals surface area contributed by atoms with Gasteiger partial charge in [0.25, 0.3) is 5.91 Å². The molecular weight excluding hydrogens is 328 g/mol. The first kappa shape index (κ1) is 17.0. The van der Waals surface area contributed by atoms with Crippen molar-refractivity contribution in [2.75, 3.05) is 32.8 Å². The van der Waals surface area contributed by atoms with Gasteiger partial charge in [-0.1, -0.05) is 23.7 Å². The van der Waals surface area contributed by atoms with Gasteiger partial charge in [-0.2, -0.15) is 5.10 Å². The molecule has 0 radical (unpaired) electrons. The number of nitrogens with one attached hydrogen (secondary N) is 2. The summed E-state index contributed by atoms with van der Waals surface area (Å²) in [6.07, 6.45) is 1.55. The zero-order valence-corrected chi connectivity index (χ0v) is 14.3. The Labute approximate surface area is 146 Å². The number of carbonyl (C=O) groups excluding carboxylic acids is 1. The Morgan fingerprint density at radius 3 is 2.92 bits per heavy atom. The van der Waals surface area contributed by atoms with Gasteiger partial charge in [0.1, 0.15) is 0 Å². The normalized spacial score (nSPS) is 16.8. The third kappa shape index (κ3) is 3.95. The van der Waals surface area contributed by atoms with Gasteiger partial charge < -0.3 is 10.1 Å². The standard InChI is InChI=1S/C17H21ClN4O2/c1-12-15(10-20-21-12)17(23)19-11-16(22-5-7-24-8-6-22)13-3-2-4-14(18)9-13/h2-4,9-10,16H,5-8,11H2,1H3,(H,19,23)(H,20,21)/t16-/m1/s1. The van der Waals surface area contributed by atoms with Gasteiger partial charge in [0.15, 0.2) is 0 Å². The van der Waals surface area contributed by atoms with Crippen molar-refractivity contribution in [2.24, 2.45) is 0 Å². The molecule has 1 atom stereocenters. The SMILES string of the molecule is Cc1[nH]ncc1C(=O)NC[C@H](c1cccc(Cl)c1)N1CCOCC1. The quantitative estimate of drug-likeness (QED) is 0.868. The van der Waals surface area contributed by atoms with Gasteiger partial charge in [0, 0.05) is 30.4 Å². The predicted octanol–water partition coefficient (Wildman–Crippen LogP) is 2.17. The van der Waals surface area contributed by atoms with E-state index in [1.807, 2.05) is 31.2 Å². The Morgan fingerprint density at radius 2 is 2.25 bits per heavy atom. The van der Waals surface area contributed by atoms with Crippen molar-refractivity contribution in [3.63, 3.8) is 0 Å². The highest BCUT2D eigenvalue weighted by Gasteiger charge is 2.24. The Balaban J connectivity index is 1.74. The number of aromatic amines is 1. The minimum atomic E-state index is -0.124. The lowest BCUT2D eigenvalue weighted by Crippen LogP contribution is -2.43. The highest BCUT2D eigenvalue weighted by atomic mass is 35.5. The number of nitrogens with zero attached hydrogens (tertiary/aromatic N) is 2. The van der Waals surface area contributed by atoms with E-state index >= 15 is 0 Å². The third-order valence-corrected chi connectivity index (χ3v) is 4.49. The molecule has 0 unspecified atom stereocenters. The predicted molar refractivity (Wildman–Crippen MR) is 92.2 cm³/mol. The van der Waals surface area contributed by atoms with Gasteiger partial charge in [0.05, 0.1) is 31.0 Å². The van der Waals surface area contributed by atoms with Crippen molar-refractivity contribution in [3.05, 3.63) is 52.3 Å². The lowest BCUT2D eigenvalue weighted by atomic mass is 10.0. The van der Waals surface area contributed by atoms with Gasteiger partial charge >= 0.3 is 0 Å². The third-order valence-electron chi connectivity index (χ3n) is 4.25. The van der Waals surface area contributed by atoms with E-state index in [2.05, 4.69) is 20.4 Å². The average molecular weight is 349 g/mol. The summed E-state index contributed by atoms with van der Waals surface area (Å²) in [7, 11) is 0. The highest BCUT2D eigenvalue weighted by Crippen LogP contribution is 2.24. The number of morpholine rings is 1. The van der Waals surface area contributed by atoms with Crippen molar-refractivity contribution in [2.45, 2.75) is 13.0 Å². The Kier molecular flexibility index (Phi) is 5.50. The summed E-state index contributed by atoms with van der Waals surface area (Å²) in [5.74, 6) is -0.124. The maximum Gasteiger partial charge on any atom is 0.254 e. The van der Waals surface area contributed by atoms with Crippen LogP contribution in [0.2, 0.25) is 5.02 Å². The van der Waals surface area contributed by atoms with Gasteiger partial charge in [-0.25, -0.2) is 0 Å². The van der Waals surface area contributed by atoms with Crippen LogP contribution >= 0.6 is 11.6 Å². The van der Waals surface area contributed by atoms with Gasteiger partial charge in [-0.05, 0) is 24.6 Å². The van der Waals surface area contributed by atoms with Crippen LogP contribution in [0, 0.1) is 6.92 Å². The van der Waals surface area contributed by atoms with E-state index < -0.39 is 0 Å². The van der Waals surface area contributed by atoms with E-state index in [0.29, 0.717) is 30.3 Å². The molecule has 0 saturated carbocycles. The van der Waals surface area contributed by atoms with E-state index in [0.717, 1.165) is 24.3 Å². The number of hydrogen-bond donors (Lipinski definition) is 2. The molecule has 0 spiro atoms. The van der Waals surface area contributed by atoms with Crippen molar-refractivity contribution in [1.82, 2.24) is 20.4 Å². The summed E-state index contributed by atoms with van der Waals surface area (Å²) in [6, 6.07) is 7.85. The molecule has 1 aromatic heterocycles. The first-order valence-electron chi connectivity index (χ1n) is 8.00. The minimum absolute atomic E-state index is 0.0590. The molecule has 2 heterocycles. The van der Waals surface area contributed by atoms with Crippen molar-refractivity contribution in [1.29, 1.82) is 0 Å². The highest BCUT2D eigenvalue weighted by molar-refractivity contribution is 6.30. The fourth-order valence-corrected chi connectivity index (χ4v) is 3.12. The largest absolute Gasteiger partial charge is 0.379 e. The summed E-state index contributed by atoms with van der Waals surface area (Å²) >= 11 is 6.15. The fourth-order valence-electron chi connectivity index (χ4n) is 2.92. The van der Waals surface area contributed by atoms with Crippen LogP contribution in [0.15, 0.2) is 30.5 Å². The summed E-state index contributed by atoms with van der Waals surface area (Å²) in [4.78, 5) is 14.7. The van der Waals surface area contributed by atoms with E-state index in [1.165, 1.54) is 0 Å². The monoisotopic (exact) mass is 348 g/mol. The maximum atomic E-state index is 12.4. The van der Waals surface area contributed by atoms with Crippen LogP contribution < -0.4 is 5.32 Å². The number of amides is 1. The van der Waals surface area contributed by atoms with E-state index in [4.69, 9.17) is 16.3 Å². The number of aromatic nitrogens is 2. The number of halogens is 1. The molecule has 1 aromatic carbocycles. The van der Waals surface area contributed by atoms with Gasteiger partial charge in [-0.15, -0.1) is 0 Å².